The van der Waals surface area contributed by atoms with Crippen LogP contribution in [0, 0.1) is 23.7 Å². The van der Waals surface area contributed by atoms with Gasteiger partial charge in [0.1, 0.15) is 5.82 Å². The van der Waals surface area contributed by atoms with Crippen molar-refractivity contribution in [1.82, 2.24) is 19.4 Å². The number of alkyl halides is 1. The van der Waals surface area contributed by atoms with Crippen LogP contribution in [0.3, 0.4) is 0 Å². The van der Waals surface area contributed by atoms with Crippen molar-refractivity contribution in [3.05, 3.63) is 83.2 Å². The van der Waals surface area contributed by atoms with E-state index in [1.54, 1.807) is 6.20 Å². The van der Waals surface area contributed by atoms with Crippen LogP contribution in [0.25, 0.3) is 0 Å². The topological polar surface area (TPSA) is 78.0 Å². The molecule has 0 bridgehead atoms. The average Bonchev–Trinajstić information content (AvgIpc) is 3.19. The number of hydrogen-bond donors (Lipinski definition) is 1. The number of nitrogens with zero attached hydrogens (tertiary/aromatic N) is 5. The van der Waals surface area contributed by atoms with Gasteiger partial charge < -0.3 is 9.67 Å². The predicted octanol–water partition coefficient (Wildman–Crippen LogP) is 4.06. The first-order valence-corrected chi connectivity index (χ1v) is 11.4. The Labute approximate surface area is 194 Å². The third kappa shape index (κ3) is 4.71. The summed E-state index contributed by atoms with van der Waals surface area (Å²) in [5.74, 6) is 0.974. The third-order valence-electron chi connectivity index (χ3n) is 6.60. The summed E-state index contributed by atoms with van der Waals surface area (Å²) in [5.41, 5.74) is 3.44. The van der Waals surface area contributed by atoms with Crippen LogP contribution in [-0.2, 0) is 13.1 Å². The van der Waals surface area contributed by atoms with Crippen molar-refractivity contribution in [3.8, 4) is 6.07 Å². The van der Waals surface area contributed by atoms with Gasteiger partial charge >= 0.3 is 0 Å². The highest BCUT2D eigenvalue weighted by atomic mass is 35.5. The van der Waals surface area contributed by atoms with Crippen LogP contribution in [-0.4, -0.2) is 44.2 Å². The molecule has 6 nitrogen and oxygen atoms in total. The van der Waals surface area contributed by atoms with Crippen molar-refractivity contribution in [2.24, 2.45) is 5.41 Å². The Morgan fingerprint density at radius 1 is 1.12 bits per heavy atom. The van der Waals surface area contributed by atoms with E-state index in [1.807, 2.05) is 55.6 Å². The van der Waals surface area contributed by atoms with Gasteiger partial charge in [-0.25, -0.2) is 4.98 Å². The molecule has 1 unspecified atom stereocenters. The minimum atomic E-state index is -0.356. The number of aliphatic hydroxyl groups excluding tert-OH is 1. The third-order valence-corrected chi connectivity index (χ3v) is 7.29. The van der Waals surface area contributed by atoms with Gasteiger partial charge in [0.2, 0.25) is 0 Å². The van der Waals surface area contributed by atoms with Crippen LogP contribution in [0.1, 0.15) is 46.6 Å². The van der Waals surface area contributed by atoms with Gasteiger partial charge in [-0.1, -0.05) is 18.2 Å². The van der Waals surface area contributed by atoms with Crippen molar-refractivity contribution >= 4 is 11.6 Å². The van der Waals surface area contributed by atoms with Crippen molar-refractivity contribution in [2.75, 3.05) is 19.7 Å². The molecular formula is C25H28ClN5O. The standard InChI is InChI=1S/C25H28ClN5O/c1-19-29-15-22(31(19)16-21-7-5-20(14-27)6-8-21)17-30-12-9-25(18-32,10-13-30)24(26)23-4-2-3-11-28-23/h2-8,11,15,24,32H,9-10,12-13,16-18H2,1H3. The van der Waals surface area contributed by atoms with Gasteiger partial charge in [-0.15, -0.1) is 11.6 Å². The first-order valence-electron chi connectivity index (χ1n) is 10.9. The highest BCUT2D eigenvalue weighted by molar-refractivity contribution is 6.21. The minimum Gasteiger partial charge on any atom is -0.396 e. The lowest BCUT2D eigenvalue weighted by Gasteiger charge is -2.43. The maximum absolute atomic E-state index is 10.2. The largest absolute Gasteiger partial charge is 0.396 e. The van der Waals surface area contributed by atoms with E-state index in [4.69, 9.17) is 16.9 Å². The van der Waals surface area contributed by atoms with Crippen LogP contribution >= 0.6 is 11.6 Å². The quantitative estimate of drug-likeness (QED) is 0.550. The molecule has 0 aliphatic carbocycles. The minimum absolute atomic E-state index is 0.0569. The Morgan fingerprint density at radius 2 is 1.88 bits per heavy atom. The summed E-state index contributed by atoms with van der Waals surface area (Å²) in [6, 6.07) is 15.6. The molecule has 0 spiro atoms. The van der Waals surface area contributed by atoms with E-state index < -0.39 is 0 Å². The highest BCUT2D eigenvalue weighted by Gasteiger charge is 2.41. The number of piperidine rings is 1. The molecule has 1 aliphatic heterocycles. The lowest BCUT2D eigenvalue weighted by atomic mass is 9.75. The van der Waals surface area contributed by atoms with Crippen molar-refractivity contribution < 1.29 is 5.11 Å². The average molecular weight is 450 g/mol. The van der Waals surface area contributed by atoms with Gasteiger partial charge in [0.15, 0.2) is 0 Å². The van der Waals surface area contributed by atoms with E-state index in [0.717, 1.165) is 61.8 Å². The van der Waals surface area contributed by atoms with Crippen LogP contribution < -0.4 is 0 Å². The summed E-state index contributed by atoms with van der Waals surface area (Å²) in [7, 11) is 0. The zero-order valence-corrected chi connectivity index (χ0v) is 19.0. The molecule has 3 aromatic rings. The number of benzene rings is 1. The predicted molar refractivity (Wildman–Crippen MR) is 124 cm³/mol. The molecule has 2 aromatic heterocycles. The molecule has 4 rings (SSSR count). The lowest BCUT2D eigenvalue weighted by molar-refractivity contribution is 0.0359. The molecule has 3 heterocycles. The van der Waals surface area contributed by atoms with Gasteiger partial charge in [0.05, 0.1) is 35.0 Å². The number of nitriles is 1. The summed E-state index contributed by atoms with van der Waals surface area (Å²) in [6.07, 6.45) is 5.33. The molecule has 1 N–H and O–H groups in total. The summed E-state index contributed by atoms with van der Waals surface area (Å²) in [4.78, 5) is 11.4. The van der Waals surface area contributed by atoms with E-state index in [2.05, 4.69) is 25.5 Å². The molecule has 166 valence electrons. The Kier molecular flexibility index (Phi) is 6.90. The number of halogens is 1. The molecular weight excluding hydrogens is 422 g/mol. The number of aryl methyl sites for hydroxylation is 1. The number of aliphatic hydroxyl groups is 1. The Balaban J connectivity index is 1.42. The van der Waals surface area contributed by atoms with Crippen molar-refractivity contribution in [1.29, 1.82) is 5.26 Å². The Hall–Kier alpha value is -2.72. The second-order valence-corrected chi connectivity index (χ2v) is 9.04. The summed E-state index contributed by atoms with van der Waals surface area (Å²) in [6.45, 7) is 5.32. The van der Waals surface area contributed by atoms with Crippen LogP contribution in [0.2, 0.25) is 0 Å². The fourth-order valence-electron chi connectivity index (χ4n) is 4.44. The van der Waals surface area contributed by atoms with Crippen LogP contribution in [0.15, 0.2) is 54.9 Å². The number of hydrogen-bond acceptors (Lipinski definition) is 5. The first-order chi connectivity index (χ1) is 15.5. The molecule has 0 saturated carbocycles. The van der Waals surface area contributed by atoms with Crippen molar-refractivity contribution in [2.45, 2.75) is 38.2 Å². The Morgan fingerprint density at radius 3 is 2.50 bits per heavy atom. The Bertz CT molecular complexity index is 1070. The summed E-state index contributed by atoms with van der Waals surface area (Å²) in [5, 5.41) is 18.9. The van der Waals surface area contributed by atoms with Gasteiger partial charge in [-0.3, -0.25) is 9.88 Å². The number of pyridine rings is 1. The van der Waals surface area contributed by atoms with Crippen LogP contribution in [0.4, 0.5) is 0 Å². The van der Waals surface area contributed by atoms with Gasteiger partial charge in [-0.05, 0) is 62.7 Å². The fraction of sp³-hybridized carbons (Fsp3) is 0.400. The van der Waals surface area contributed by atoms with Crippen molar-refractivity contribution in [3.63, 3.8) is 0 Å². The first kappa shape index (κ1) is 22.5. The normalized spacial score (nSPS) is 17.1. The number of rotatable bonds is 7. The van der Waals surface area contributed by atoms with E-state index in [0.29, 0.717) is 5.56 Å². The maximum atomic E-state index is 10.2. The smallest absolute Gasteiger partial charge is 0.106 e. The molecule has 1 saturated heterocycles. The summed E-state index contributed by atoms with van der Waals surface area (Å²) >= 11 is 6.82. The van der Waals surface area contributed by atoms with Gasteiger partial charge in [-0.2, -0.15) is 5.26 Å². The molecule has 1 fully saturated rings. The van der Waals surface area contributed by atoms with E-state index >= 15 is 0 Å². The van der Waals surface area contributed by atoms with Gasteiger partial charge in [0, 0.05) is 30.9 Å². The van der Waals surface area contributed by atoms with E-state index in [9.17, 15) is 5.11 Å². The molecule has 0 radical (unpaired) electrons. The molecule has 1 atom stereocenters. The molecule has 7 heteroatoms. The number of imidazole rings is 1. The van der Waals surface area contributed by atoms with E-state index in [-0.39, 0.29) is 17.4 Å². The van der Waals surface area contributed by atoms with Crippen LogP contribution in [0.5, 0.6) is 0 Å². The second-order valence-electron chi connectivity index (χ2n) is 8.61. The number of likely N-dealkylation sites (tertiary alicyclic amines) is 1. The monoisotopic (exact) mass is 449 g/mol. The maximum Gasteiger partial charge on any atom is 0.106 e. The SMILES string of the molecule is Cc1ncc(CN2CCC(CO)(C(Cl)c3ccccn3)CC2)n1Cc1ccc(C#N)cc1. The zero-order chi connectivity index (χ0) is 22.6. The zero-order valence-electron chi connectivity index (χ0n) is 18.3. The fourth-order valence-corrected chi connectivity index (χ4v) is 4.86. The van der Waals surface area contributed by atoms with Gasteiger partial charge in [0.25, 0.3) is 0 Å². The molecule has 0 amide bonds. The van der Waals surface area contributed by atoms with E-state index in [1.165, 1.54) is 0 Å². The molecule has 32 heavy (non-hydrogen) atoms. The number of aromatic nitrogens is 3. The lowest BCUT2D eigenvalue weighted by Crippen LogP contribution is -2.44. The highest BCUT2D eigenvalue weighted by Crippen LogP contribution is 2.46. The second kappa shape index (κ2) is 9.83. The molecule has 1 aliphatic rings. The molecule has 1 aromatic carbocycles. The summed E-state index contributed by atoms with van der Waals surface area (Å²) < 4.78 is 2.23.